The zero-order valence-electron chi connectivity index (χ0n) is 15.6. The summed E-state index contributed by atoms with van der Waals surface area (Å²) in [5.74, 6) is 0. The molecule has 26 heavy (non-hydrogen) atoms. The van der Waals surface area contributed by atoms with Gasteiger partial charge in [-0.1, -0.05) is 54.6 Å². The average molecular weight is 347 g/mol. The first kappa shape index (κ1) is 17.3. The van der Waals surface area contributed by atoms with Crippen LogP contribution in [0.25, 0.3) is 32.3 Å². The van der Waals surface area contributed by atoms with E-state index in [1.165, 1.54) is 26.9 Å². The van der Waals surface area contributed by atoms with Gasteiger partial charge in [0, 0.05) is 19.8 Å². The van der Waals surface area contributed by atoms with E-state index in [1.54, 1.807) is 0 Å². The quantitative estimate of drug-likeness (QED) is 0.354. The van der Waals surface area contributed by atoms with Gasteiger partial charge in [-0.3, -0.25) is 0 Å². The molecule has 0 heterocycles. The van der Waals surface area contributed by atoms with Gasteiger partial charge in [-0.2, -0.15) is 0 Å². The molecular weight excluding hydrogens is 323 g/mol. The van der Waals surface area contributed by atoms with Gasteiger partial charge in [0.15, 0.2) is 0 Å². The minimum atomic E-state index is -1.98. The molecule has 4 aromatic rings. The molecule has 0 spiro atoms. The van der Waals surface area contributed by atoms with Crippen molar-refractivity contribution < 1.29 is 14.0 Å². The minimum Gasteiger partial charge on any atom is -0.541 e. The predicted octanol–water partition coefficient (Wildman–Crippen LogP) is 4.84. The normalized spacial score (nSPS) is 12.6. The molecule has 0 aromatic heterocycles. The molecule has 0 fully saturated rings. The first-order valence-corrected chi connectivity index (χ1v) is 9.46. The smallest absolute Gasteiger partial charge is 0.410 e. The molecule has 0 bridgehead atoms. The molecule has 0 aliphatic rings. The second-order valence-electron chi connectivity index (χ2n) is 6.52. The Morgan fingerprint density at radius 3 is 1.69 bits per heavy atom. The summed E-state index contributed by atoms with van der Waals surface area (Å²) in [7, 11) is 0. The van der Waals surface area contributed by atoms with Crippen molar-refractivity contribution >= 4 is 44.5 Å². The Morgan fingerprint density at radius 1 is 0.615 bits per heavy atom. The lowest BCUT2D eigenvalue weighted by Crippen LogP contribution is -2.57. The van der Waals surface area contributed by atoms with Crippen molar-refractivity contribution in [2.24, 2.45) is 0 Å². The average Bonchev–Trinajstić information content (AvgIpc) is 2.66. The molecule has 0 unspecified atom stereocenters. The molecular formula is C22H24BO3-. The maximum Gasteiger partial charge on any atom is 0.410 e. The van der Waals surface area contributed by atoms with Gasteiger partial charge in [0.1, 0.15) is 0 Å². The van der Waals surface area contributed by atoms with Gasteiger partial charge in [0.25, 0.3) is 0 Å². The van der Waals surface area contributed by atoms with Crippen LogP contribution in [0, 0.1) is 0 Å². The summed E-state index contributed by atoms with van der Waals surface area (Å²) in [6.45, 7) is 5.54. The third-order valence-electron chi connectivity index (χ3n) is 5.10. The van der Waals surface area contributed by atoms with Gasteiger partial charge in [-0.05, 0) is 53.1 Å². The number of hydrogen-bond acceptors (Lipinski definition) is 3. The van der Waals surface area contributed by atoms with Crippen molar-refractivity contribution in [3.05, 3.63) is 54.6 Å². The monoisotopic (exact) mass is 347 g/mol. The Kier molecular flexibility index (Phi) is 4.57. The van der Waals surface area contributed by atoms with Crippen LogP contribution in [0.4, 0.5) is 0 Å². The Morgan fingerprint density at radius 2 is 1.12 bits per heavy atom. The highest BCUT2D eigenvalue weighted by molar-refractivity contribution is 6.78. The lowest BCUT2D eigenvalue weighted by atomic mass is 9.66. The Bertz CT molecular complexity index is 1010. The van der Waals surface area contributed by atoms with Crippen molar-refractivity contribution in [2.45, 2.75) is 20.8 Å². The fraction of sp³-hybridized carbons (Fsp3) is 0.273. The molecule has 0 saturated heterocycles. The number of benzene rings is 4. The summed E-state index contributed by atoms with van der Waals surface area (Å²) in [6.07, 6.45) is 0. The van der Waals surface area contributed by atoms with Crippen LogP contribution in [0.2, 0.25) is 0 Å². The summed E-state index contributed by atoms with van der Waals surface area (Å²) in [5.41, 5.74) is 0.987. The molecule has 0 aliphatic heterocycles. The molecule has 0 radical (unpaired) electrons. The van der Waals surface area contributed by atoms with Crippen LogP contribution in [0.1, 0.15) is 20.8 Å². The van der Waals surface area contributed by atoms with Gasteiger partial charge in [-0.15, -0.1) is 5.46 Å². The standard InChI is InChI=1S/C22H24BO3/c1-4-24-23(25-5-2,26-6-3)20-15-13-18-11-10-16-8-7-9-17-12-14-19(20)22(18)21(16)17/h7-15H,4-6H2,1-3H3/q-1. The van der Waals surface area contributed by atoms with Gasteiger partial charge in [0.05, 0.1) is 0 Å². The van der Waals surface area contributed by atoms with Crippen LogP contribution in [-0.2, 0) is 14.0 Å². The van der Waals surface area contributed by atoms with E-state index in [4.69, 9.17) is 14.0 Å². The fourth-order valence-corrected chi connectivity index (χ4v) is 4.14. The topological polar surface area (TPSA) is 27.7 Å². The van der Waals surface area contributed by atoms with Gasteiger partial charge in [-0.25, -0.2) is 0 Å². The van der Waals surface area contributed by atoms with E-state index in [-0.39, 0.29) is 0 Å². The first-order valence-electron chi connectivity index (χ1n) is 9.46. The summed E-state index contributed by atoms with van der Waals surface area (Å²) < 4.78 is 18.3. The lowest BCUT2D eigenvalue weighted by Gasteiger charge is -2.42. The van der Waals surface area contributed by atoms with Crippen molar-refractivity contribution in [1.82, 2.24) is 0 Å². The van der Waals surface area contributed by atoms with E-state index < -0.39 is 6.75 Å². The number of rotatable bonds is 7. The van der Waals surface area contributed by atoms with Crippen LogP contribution in [0.5, 0.6) is 0 Å². The maximum absolute atomic E-state index is 6.10. The third-order valence-corrected chi connectivity index (χ3v) is 5.10. The summed E-state index contributed by atoms with van der Waals surface area (Å²) in [4.78, 5) is 0. The molecule has 0 atom stereocenters. The molecule has 4 heteroatoms. The predicted molar refractivity (Wildman–Crippen MR) is 110 cm³/mol. The summed E-state index contributed by atoms with van der Waals surface area (Å²) in [5, 5.41) is 7.41. The van der Waals surface area contributed by atoms with Gasteiger partial charge < -0.3 is 14.0 Å². The second kappa shape index (κ2) is 6.88. The van der Waals surface area contributed by atoms with Crippen molar-refractivity contribution in [1.29, 1.82) is 0 Å². The molecule has 3 nitrogen and oxygen atoms in total. The maximum atomic E-state index is 6.10. The highest BCUT2D eigenvalue weighted by Crippen LogP contribution is 2.34. The van der Waals surface area contributed by atoms with Crippen molar-refractivity contribution in [3.63, 3.8) is 0 Å². The largest absolute Gasteiger partial charge is 0.541 e. The van der Waals surface area contributed by atoms with Crippen LogP contribution in [0.3, 0.4) is 0 Å². The van der Waals surface area contributed by atoms with Crippen molar-refractivity contribution in [2.75, 3.05) is 19.8 Å². The van der Waals surface area contributed by atoms with E-state index in [2.05, 4.69) is 54.6 Å². The molecule has 0 aliphatic carbocycles. The Balaban J connectivity index is 2.08. The van der Waals surface area contributed by atoms with Gasteiger partial charge in [0.2, 0.25) is 0 Å². The molecule has 4 aromatic carbocycles. The molecule has 0 saturated carbocycles. The van der Waals surface area contributed by atoms with E-state index in [1.807, 2.05) is 20.8 Å². The molecule has 0 amide bonds. The van der Waals surface area contributed by atoms with Crippen LogP contribution >= 0.6 is 0 Å². The first-order chi connectivity index (χ1) is 12.7. The van der Waals surface area contributed by atoms with Crippen LogP contribution in [-0.4, -0.2) is 26.6 Å². The zero-order chi connectivity index (χ0) is 18.1. The summed E-state index contributed by atoms with van der Waals surface area (Å²) >= 11 is 0. The lowest BCUT2D eigenvalue weighted by molar-refractivity contribution is 0.0862. The van der Waals surface area contributed by atoms with E-state index >= 15 is 0 Å². The van der Waals surface area contributed by atoms with E-state index in [0.717, 1.165) is 10.8 Å². The van der Waals surface area contributed by atoms with Crippen LogP contribution in [0.15, 0.2) is 54.6 Å². The Hall–Kier alpha value is -2.14. The van der Waals surface area contributed by atoms with E-state index in [0.29, 0.717) is 19.8 Å². The zero-order valence-corrected chi connectivity index (χ0v) is 15.6. The fourth-order valence-electron chi connectivity index (χ4n) is 4.14. The SMILES string of the molecule is CCO[B-](OCC)(OCC)c1ccc2ccc3cccc4ccc1c2c34. The van der Waals surface area contributed by atoms with Gasteiger partial charge >= 0.3 is 6.75 Å². The molecule has 4 rings (SSSR count). The molecule has 0 N–H and O–H groups in total. The highest BCUT2D eigenvalue weighted by Gasteiger charge is 2.32. The Labute approximate surface area is 154 Å². The van der Waals surface area contributed by atoms with Crippen LogP contribution < -0.4 is 5.46 Å². The highest BCUT2D eigenvalue weighted by atomic mass is 16.7. The minimum absolute atomic E-state index is 0.530. The second-order valence-corrected chi connectivity index (χ2v) is 6.52. The number of hydrogen-bond donors (Lipinski definition) is 0. The third kappa shape index (κ3) is 2.57. The molecule has 134 valence electrons. The van der Waals surface area contributed by atoms with Crippen molar-refractivity contribution in [3.8, 4) is 0 Å². The van der Waals surface area contributed by atoms with E-state index in [9.17, 15) is 0 Å². The summed E-state index contributed by atoms with van der Waals surface area (Å²) in [6, 6.07) is 19.4.